The van der Waals surface area contributed by atoms with E-state index >= 15 is 0 Å². The van der Waals surface area contributed by atoms with Crippen LogP contribution in [0.1, 0.15) is 46.5 Å². The summed E-state index contributed by atoms with van der Waals surface area (Å²) in [5.74, 6) is -0.279. The van der Waals surface area contributed by atoms with Gasteiger partial charge in [0.2, 0.25) is 5.91 Å². The van der Waals surface area contributed by atoms with Crippen LogP contribution < -0.4 is 0 Å². The molecule has 0 aromatic heterocycles. The fourth-order valence-electron chi connectivity index (χ4n) is 2.27. The summed E-state index contributed by atoms with van der Waals surface area (Å²) in [6.07, 6.45) is 2.70. The fraction of sp³-hybridized carbons (Fsp3) is 0.846. The molecule has 17 heavy (non-hydrogen) atoms. The number of nitrogens with zero attached hydrogens (tertiary/aromatic N) is 1. The summed E-state index contributed by atoms with van der Waals surface area (Å²) in [6, 6.07) is 0. The van der Waals surface area contributed by atoms with Crippen LogP contribution in [0.4, 0.5) is 0 Å². The predicted molar refractivity (Wildman–Crippen MR) is 65.6 cm³/mol. The highest BCUT2D eigenvalue weighted by Crippen LogP contribution is 2.34. The minimum Gasteiger partial charge on any atom is -0.481 e. The Bertz CT molecular complexity index is 303. The Kier molecular flexibility index (Phi) is 4.54. The van der Waals surface area contributed by atoms with E-state index in [1.54, 1.807) is 4.90 Å². The SMILES string of the molecule is CCC(C)CC(=O)N1CCC(CC)(C(=O)O)C1. The van der Waals surface area contributed by atoms with Gasteiger partial charge >= 0.3 is 5.97 Å². The first-order valence-electron chi connectivity index (χ1n) is 6.46. The normalized spacial score (nSPS) is 25.9. The van der Waals surface area contributed by atoms with Crippen LogP contribution in [0, 0.1) is 11.3 Å². The number of carbonyl (C=O) groups excluding carboxylic acids is 1. The summed E-state index contributed by atoms with van der Waals surface area (Å²) in [5.41, 5.74) is -0.703. The zero-order valence-corrected chi connectivity index (χ0v) is 11.0. The van der Waals surface area contributed by atoms with Crippen LogP contribution in [0.2, 0.25) is 0 Å². The minimum absolute atomic E-state index is 0.107. The predicted octanol–water partition coefficient (Wildman–Crippen LogP) is 2.14. The van der Waals surface area contributed by atoms with Crippen LogP contribution in [-0.2, 0) is 9.59 Å². The summed E-state index contributed by atoms with van der Waals surface area (Å²) in [5, 5.41) is 9.25. The van der Waals surface area contributed by atoms with E-state index in [1.165, 1.54) is 0 Å². The molecule has 4 nitrogen and oxygen atoms in total. The van der Waals surface area contributed by atoms with Gasteiger partial charge in [-0.3, -0.25) is 9.59 Å². The van der Waals surface area contributed by atoms with Gasteiger partial charge in [0, 0.05) is 19.5 Å². The Labute approximate surface area is 103 Å². The van der Waals surface area contributed by atoms with E-state index < -0.39 is 11.4 Å². The molecular formula is C13H23NO3. The Morgan fingerprint density at radius 1 is 1.41 bits per heavy atom. The van der Waals surface area contributed by atoms with E-state index in [1.807, 2.05) is 6.92 Å². The molecule has 1 aliphatic heterocycles. The van der Waals surface area contributed by atoms with E-state index in [-0.39, 0.29) is 5.91 Å². The Hall–Kier alpha value is -1.06. The highest BCUT2D eigenvalue weighted by atomic mass is 16.4. The van der Waals surface area contributed by atoms with Gasteiger partial charge < -0.3 is 10.0 Å². The van der Waals surface area contributed by atoms with Gasteiger partial charge in [-0.15, -0.1) is 0 Å². The maximum atomic E-state index is 12.0. The maximum absolute atomic E-state index is 12.0. The quantitative estimate of drug-likeness (QED) is 0.802. The number of carboxylic acid groups (broad SMARTS) is 1. The topological polar surface area (TPSA) is 57.6 Å². The number of carbonyl (C=O) groups is 2. The average molecular weight is 241 g/mol. The molecule has 4 heteroatoms. The first-order valence-corrected chi connectivity index (χ1v) is 6.46. The molecule has 1 saturated heterocycles. The molecule has 0 aliphatic carbocycles. The monoisotopic (exact) mass is 241 g/mol. The van der Waals surface area contributed by atoms with Crippen LogP contribution in [0.25, 0.3) is 0 Å². The molecule has 0 saturated carbocycles. The molecule has 1 fully saturated rings. The van der Waals surface area contributed by atoms with Crippen molar-refractivity contribution in [2.24, 2.45) is 11.3 Å². The van der Waals surface area contributed by atoms with Crippen molar-refractivity contribution in [1.82, 2.24) is 4.90 Å². The molecule has 2 unspecified atom stereocenters. The lowest BCUT2D eigenvalue weighted by atomic mass is 9.84. The van der Waals surface area contributed by atoms with Gasteiger partial charge in [0.15, 0.2) is 0 Å². The minimum atomic E-state index is -0.765. The second kappa shape index (κ2) is 5.52. The summed E-state index contributed by atoms with van der Waals surface area (Å²) < 4.78 is 0. The molecule has 1 rings (SSSR count). The third-order valence-corrected chi connectivity index (χ3v) is 4.06. The van der Waals surface area contributed by atoms with Crippen molar-refractivity contribution in [1.29, 1.82) is 0 Å². The van der Waals surface area contributed by atoms with Gasteiger partial charge in [-0.05, 0) is 18.8 Å². The molecular weight excluding hydrogens is 218 g/mol. The van der Waals surface area contributed by atoms with Crippen LogP contribution in [0.15, 0.2) is 0 Å². The number of hydrogen-bond acceptors (Lipinski definition) is 2. The molecule has 1 N–H and O–H groups in total. The lowest BCUT2D eigenvalue weighted by Crippen LogP contribution is -2.36. The van der Waals surface area contributed by atoms with Crippen molar-refractivity contribution in [2.45, 2.75) is 46.5 Å². The van der Waals surface area contributed by atoms with Crippen LogP contribution in [0.5, 0.6) is 0 Å². The molecule has 98 valence electrons. The molecule has 0 radical (unpaired) electrons. The second-order valence-corrected chi connectivity index (χ2v) is 5.22. The molecule has 1 heterocycles. The number of hydrogen-bond donors (Lipinski definition) is 1. The summed E-state index contributed by atoms with van der Waals surface area (Å²) in [4.78, 5) is 25.0. The lowest BCUT2D eigenvalue weighted by Gasteiger charge is -2.23. The number of amides is 1. The molecule has 0 spiro atoms. The van der Waals surface area contributed by atoms with Crippen molar-refractivity contribution >= 4 is 11.9 Å². The highest BCUT2D eigenvalue weighted by Gasteiger charge is 2.44. The van der Waals surface area contributed by atoms with Gasteiger partial charge in [0.05, 0.1) is 5.41 Å². The standard InChI is InChI=1S/C13H23NO3/c1-4-10(3)8-11(15)14-7-6-13(5-2,9-14)12(16)17/h10H,4-9H2,1-3H3,(H,16,17). The van der Waals surface area contributed by atoms with Gasteiger partial charge in [-0.2, -0.15) is 0 Å². The van der Waals surface area contributed by atoms with E-state index in [9.17, 15) is 14.7 Å². The third-order valence-electron chi connectivity index (χ3n) is 4.06. The zero-order chi connectivity index (χ0) is 13.1. The smallest absolute Gasteiger partial charge is 0.311 e. The van der Waals surface area contributed by atoms with Crippen LogP contribution in [0.3, 0.4) is 0 Å². The second-order valence-electron chi connectivity index (χ2n) is 5.22. The maximum Gasteiger partial charge on any atom is 0.311 e. The molecule has 1 aliphatic rings. The summed E-state index contributed by atoms with van der Waals surface area (Å²) in [7, 11) is 0. The lowest BCUT2D eigenvalue weighted by molar-refractivity contribution is -0.148. The van der Waals surface area contributed by atoms with Crippen molar-refractivity contribution in [3.63, 3.8) is 0 Å². The first kappa shape index (κ1) is 14.0. The van der Waals surface area contributed by atoms with Gasteiger partial charge in [-0.1, -0.05) is 27.2 Å². The number of likely N-dealkylation sites (tertiary alicyclic amines) is 1. The molecule has 0 aromatic rings. The third kappa shape index (κ3) is 2.99. The van der Waals surface area contributed by atoms with Gasteiger partial charge in [0.25, 0.3) is 0 Å². The molecule has 2 atom stereocenters. The summed E-state index contributed by atoms with van der Waals surface area (Å²) in [6.45, 7) is 6.98. The van der Waals surface area contributed by atoms with E-state index in [4.69, 9.17) is 0 Å². The van der Waals surface area contributed by atoms with Crippen molar-refractivity contribution < 1.29 is 14.7 Å². The molecule has 0 aromatic carbocycles. The summed E-state index contributed by atoms with van der Waals surface area (Å²) >= 11 is 0. The van der Waals surface area contributed by atoms with E-state index in [0.29, 0.717) is 38.3 Å². The molecule has 0 bridgehead atoms. The Morgan fingerprint density at radius 2 is 2.06 bits per heavy atom. The number of rotatable bonds is 5. The van der Waals surface area contributed by atoms with Crippen molar-refractivity contribution in [3.05, 3.63) is 0 Å². The highest BCUT2D eigenvalue weighted by molar-refractivity contribution is 5.80. The number of carboxylic acids is 1. The van der Waals surface area contributed by atoms with E-state index in [2.05, 4.69) is 13.8 Å². The van der Waals surface area contributed by atoms with Crippen molar-refractivity contribution in [2.75, 3.05) is 13.1 Å². The average Bonchev–Trinajstić information content (AvgIpc) is 2.74. The number of aliphatic carboxylic acids is 1. The Morgan fingerprint density at radius 3 is 2.47 bits per heavy atom. The molecule has 1 amide bonds. The van der Waals surface area contributed by atoms with Crippen LogP contribution >= 0.6 is 0 Å². The van der Waals surface area contributed by atoms with E-state index in [0.717, 1.165) is 6.42 Å². The largest absolute Gasteiger partial charge is 0.481 e. The van der Waals surface area contributed by atoms with Gasteiger partial charge in [-0.25, -0.2) is 0 Å². The van der Waals surface area contributed by atoms with Crippen LogP contribution in [-0.4, -0.2) is 35.0 Å². The van der Waals surface area contributed by atoms with Gasteiger partial charge in [0.1, 0.15) is 0 Å². The van der Waals surface area contributed by atoms with Crippen molar-refractivity contribution in [3.8, 4) is 0 Å². The Balaban J connectivity index is 2.60. The fourth-order valence-corrected chi connectivity index (χ4v) is 2.27. The zero-order valence-electron chi connectivity index (χ0n) is 11.0. The first-order chi connectivity index (χ1) is 7.95.